The van der Waals surface area contributed by atoms with Gasteiger partial charge in [-0.25, -0.2) is 4.79 Å². The van der Waals surface area contributed by atoms with Gasteiger partial charge in [0.25, 0.3) is 0 Å². The van der Waals surface area contributed by atoms with Crippen molar-refractivity contribution < 1.29 is 19.4 Å². The molecule has 0 fully saturated rings. The lowest BCUT2D eigenvalue weighted by atomic mass is 10.0. The summed E-state index contributed by atoms with van der Waals surface area (Å²) in [5, 5.41) is 11.3. The van der Waals surface area contributed by atoms with Crippen molar-refractivity contribution in [3.63, 3.8) is 0 Å². The molecule has 0 aromatic carbocycles. The van der Waals surface area contributed by atoms with Crippen molar-refractivity contribution >= 4 is 12.1 Å². The zero-order valence-electron chi connectivity index (χ0n) is 11.1. The minimum absolute atomic E-state index is 0.323. The monoisotopic (exact) mass is 245 g/mol. The highest BCUT2D eigenvalue weighted by Gasteiger charge is 2.15. The highest BCUT2D eigenvalue weighted by atomic mass is 16.6. The first kappa shape index (κ1) is 15.7. The number of carbonyl (C=O) groups is 2. The number of carboxylic acids is 1. The Morgan fingerprint density at radius 2 is 1.88 bits per heavy atom. The quantitative estimate of drug-likeness (QED) is 0.704. The maximum Gasteiger partial charge on any atom is 0.407 e. The molecule has 1 amide bonds. The van der Waals surface area contributed by atoms with Crippen molar-refractivity contribution in [1.29, 1.82) is 0 Å². The molecule has 0 bridgehead atoms. The molecule has 0 saturated carbocycles. The van der Waals surface area contributed by atoms with Crippen LogP contribution in [-0.2, 0) is 9.53 Å². The Labute approximate surface area is 103 Å². The average Bonchev–Trinajstić information content (AvgIpc) is 2.13. The molecule has 5 heteroatoms. The summed E-state index contributed by atoms with van der Waals surface area (Å²) in [4.78, 5) is 21.8. The summed E-state index contributed by atoms with van der Waals surface area (Å²) in [5.74, 6) is -1.10. The fourth-order valence-electron chi connectivity index (χ4n) is 1.20. The minimum atomic E-state index is -0.773. The van der Waals surface area contributed by atoms with Crippen LogP contribution in [0.3, 0.4) is 0 Å². The van der Waals surface area contributed by atoms with E-state index in [9.17, 15) is 9.59 Å². The number of rotatable bonds is 6. The van der Waals surface area contributed by atoms with Crippen LogP contribution in [0.5, 0.6) is 0 Å². The molecule has 0 aromatic rings. The van der Waals surface area contributed by atoms with Crippen molar-refractivity contribution in [1.82, 2.24) is 5.32 Å². The summed E-state index contributed by atoms with van der Waals surface area (Å²) in [7, 11) is 0. The maximum atomic E-state index is 11.2. The second-order valence-corrected chi connectivity index (χ2v) is 5.16. The van der Waals surface area contributed by atoms with Gasteiger partial charge in [0.15, 0.2) is 0 Å². The van der Waals surface area contributed by atoms with Gasteiger partial charge in [-0.15, -0.1) is 0 Å². The Hall–Kier alpha value is -1.26. The fourth-order valence-corrected chi connectivity index (χ4v) is 1.20. The Morgan fingerprint density at radius 3 is 2.35 bits per heavy atom. The molecule has 1 atom stereocenters. The highest BCUT2D eigenvalue weighted by Crippen LogP contribution is 2.08. The molecule has 1 unspecified atom stereocenters. The fraction of sp³-hybridized carbons (Fsp3) is 0.833. The molecule has 0 saturated heterocycles. The highest BCUT2D eigenvalue weighted by molar-refractivity contribution is 5.69. The first-order valence-electron chi connectivity index (χ1n) is 5.92. The lowest BCUT2D eigenvalue weighted by Gasteiger charge is -2.19. The molecular weight excluding hydrogens is 222 g/mol. The topological polar surface area (TPSA) is 75.6 Å². The van der Waals surface area contributed by atoms with Crippen LogP contribution in [0.25, 0.3) is 0 Å². The Balaban J connectivity index is 3.52. The van der Waals surface area contributed by atoms with E-state index in [-0.39, 0.29) is 5.92 Å². The molecule has 100 valence electrons. The van der Waals surface area contributed by atoms with E-state index in [4.69, 9.17) is 9.84 Å². The van der Waals surface area contributed by atoms with Gasteiger partial charge in [0.05, 0.1) is 5.92 Å². The van der Waals surface area contributed by atoms with Crippen molar-refractivity contribution in [3.8, 4) is 0 Å². The first-order chi connectivity index (χ1) is 7.72. The van der Waals surface area contributed by atoms with Gasteiger partial charge in [0.2, 0.25) is 0 Å². The number of unbranched alkanes of at least 4 members (excludes halogenated alkanes) is 1. The number of nitrogens with one attached hydrogen (secondary N) is 1. The van der Waals surface area contributed by atoms with Crippen LogP contribution >= 0.6 is 0 Å². The van der Waals surface area contributed by atoms with E-state index in [0.29, 0.717) is 13.0 Å². The van der Waals surface area contributed by atoms with E-state index in [1.54, 1.807) is 27.7 Å². The number of alkyl carbamates (subject to hydrolysis) is 1. The molecule has 0 aliphatic rings. The van der Waals surface area contributed by atoms with Crippen molar-refractivity contribution in [2.75, 3.05) is 6.54 Å². The molecule has 0 rings (SSSR count). The van der Waals surface area contributed by atoms with E-state index in [1.807, 2.05) is 0 Å². The number of amides is 1. The molecule has 0 radical (unpaired) electrons. The van der Waals surface area contributed by atoms with Gasteiger partial charge in [-0.3, -0.25) is 4.79 Å². The summed E-state index contributed by atoms with van der Waals surface area (Å²) in [6.07, 6.45) is 1.75. The number of ether oxygens (including phenoxy) is 1. The van der Waals surface area contributed by atoms with E-state index in [2.05, 4.69) is 5.32 Å². The summed E-state index contributed by atoms with van der Waals surface area (Å²) < 4.78 is 5.06. The predicted molar refractivity (Wildman–Crippen MR) is 64.9 cm³/mol. The second-order valence-electron chi connectivity index (χ2n) is 5.16. The summed E-state index contributed by atoms with van der Waals surface area (Å²) >= 11 is 0. The zero-order valence-corrected chi connectivity index (χ0v) is 11.1. The van der Waals surface area contributed by atoms with Gasteiger partial charge in [0, 0.05) is 6.54 Å². The number of carboxylic acid groups (broad SMARTS) is 1. The Morgan fingerprint density at radius 1 is 1.29 bits per heavy atom. The lowest BCUT2D eigenvalue weighted by Crippen LogP contribution is -2.33. The standard InChI is InChI=1S/C12H23NO4/c1-9(10(14)15)7-5-6-8-13-11(16)17-12(2,3)4/h9H,5-8H2,1-4H3,(H,13,16)(H,14,15). The SMILES string of the molecule is CC(CCCCNC(=O)OC(C)(C)C)C(=O)O. The van der Waals surface area contributed by atoms with Crippen molar-refractivity contribution in [2.45, 2.75) is 52.6 Å². The molecule has 0 aliphatic heterocycles. The number of hydrogen-bond acceptors (Lipinski definition) is 3. The number of carbonyl (C=O) groups excluding carboxylic acids is 1. The molecular formula is C12H23NO4. The molecule has 0 heterocycles. The molecule has 2 N–H and O–H groups in total. The Bertz CT molecular complexity index is 258. The van der Waals surface area contributed by atoms with E-state index in [1.165, 1.54) is 0 Å². The van der Waals surface area contributed by atoms with E-state index in [0.717, 1.165) is 12.8 Å². The van der Waals surface area contributed by atoms with E-state index < -0.39 is 17.7 Å². The second kappa shape index (κ2) is 7.14. The van der Waals surface area contributed by atoms with E-state index >= 15 is 0 Å². The van der Waals surface area contributed by atoms with Crippen LogP contribution in [0.2, 0.25) is 0 Å². The smallest absolute Gasteiger partial charge is 0.407 e. The summed E-state index contributed by atoms with van der Waals surface area (Å²) in [6.45, 7) is 7.62. The van der Waals surface area contributed by atoms with Crippen LogP contribution in [0.15, 0.2) is 0 Å². The van der Waals surface area contributed by atoms with Gasteiger partial charge in [0.1, 0.15) is 5.60 Å². The third-order valence-electron chi connectivity index (χ3n) is 2.15. The first-order valence-corrected chi connectivity index (χ1v) is 5.92. The normalized spacial score (nSPS) is 12.9. The molecule has 17 heavy (non-hydrogen) atoms. The van der Waals surface area contributed by atoms with Crippen LogP contribution in [-0.4, -0.2) is 29.3 Å². The van der Waals surface area contributed by atoms with Crippen LogP contribution in [0.1, 0.15) is 47.0 Å². The summed E-state index contributed by atoms with van der Waals surface area (Å²) in [6, 6.07) is 0. The third kappa shape index (κ3) is 9.66. The van der Waals surface area contributed by atoms with Gasteiger partial charge in [-0.1, -0.05) is 13.3 Å². The van der Waals surface area contributed by atoms with Gasteiger partial charge in [-0.05, 0) is 33.6 Å². The van der Waals surface area contributed by atoms with Crippen LogP contribution in [0, 0.1) is 5.92 Å². The van der Waals surface area contributed by atoms with Crippen molar-refractivity contribution in [3.05, 3.63) is 0 Å². The third-order valence-corrected chi connectivity index (χ3v) is 2.15. The van der Waals surface area contributed by atoms with Gasteiger partial charge in [-0.2, -0.15) is 0 Å². The van der Waals surface area contributed by atoms with Gasteiger partial charge < -0.3 is 15.2 Å². The van der Waals surface area contributed by atoms with Gasteiger partial charge >= 0.3 is 12.1 Å². The van der Waals surface area contributed by atoms with Crippen LogP contribution in [0.4, 0.5) is 4.79 Å². The zero-order chi connectivity index (χ0) is 13.5. The number of hydrogen-bond donors (Lipinski definition) is 2. The Kier molecular flexibility index (Phi) is 6.61. The molecule has 0 aromatic heterocycles. The predicted octanol–water partition coefficient (Wildman–Crippen LogP) is 2.40. The minimum Gasteiger partial charge on any atom is -0.481 e. The average molecular weight is 245 g/mol. The van der Waals surface area contributed by atoms with Crippen molar-refractivity contribution in [2.24, 2.45) is 5.92 Å². The van der Waals surface area contributed by atoms with Crippen LogP contribution < -0.4 is 5.32 Å². The summed E-state index contributed by atoms with van der Waals surface area (Å²) in [5.41, 5.74) is -0.484. The molecule has 0 spiro atoms. The lowest BCUT2D eigenvalue weighted by molar-refractivity contribution is -0.141. The largest absolute Gasteiger partial charge is 0.481 e. The number of aliphatic carboxylic acids is 1. The maximum absolute atomic E-state index is 11.2. The molecule has 0 aliphatic carbocycles. The molecule has 5 nitrogen and oxygen atoms in total.